The topological polar surface area (TPSA) is 50.5 Å². The number of methoxy groups -OCH3 is 1. The third kappa shape index (κ3) is 3.21. The van der Waals surface area contributed by atoms with Gasteiger partial charge in [0.25, 0.3) is 0 Å². The molecule has 0 unspecified atom stereocenters. The number of nitrogens with zero attached hydrogens (tertiary/aromatic N) is 3. The summed E-state index contributed by atoms with van der Waals surface area (Å²) in [6.07, 6.45) is 4.26. The molecule has 0 spiro atoms. The summed E-state index contributed by atoms with van der Waals surface area (Å²) in [5, 5.41) is 13.5. The van der Waals surface area contributed by atoms with Crippen LogP contribution in [0.2, 0.25) is 0 Å². The predicted octanol–water partition coefficient (Wildman–Crippen LogP) is 1.91. The van der Waals surface area contributed by atoms with Gasteiger partial charge in [-0.2, -0.15) is 5.10 Å². The molecule has 5 heteroatoms. The van der Waals surface area contributed by atoms with Gasteiger partial charge >= 0.3 is 0 Å². The highest BCUT2D eigenvalue weighted by molar-refractivity contribution is 5.57. The first-order chi connectivity index (χ1) is 10.8. The Hall–Kier alpha value is -2.11. The molecule has 1 aromatic heterocycles. The summed E-state index contributed by atoms with van der Waals surface area (Å²) in [5.74, 6) is 0.892. The third-order valence-corrected chi connectivity index (χ3v) is 3.89. The minimum absolute atomic E-state index is 0.00764. The Labute approximate surface area is 130 Å². The summed E-state index contributed by atoms with van der Waals surface area (Å²) in [4.78, 5) is 2.37. The summed E-state index contributed by atoms with van der Waals surface area (Å²) in [7, 11) is 1.69. The van der Waals surface area contributed by atoms with Gasteiger partial charge < -0.3 is 9.84 Å². The number of ether oxygens (including phenoxy) is 1. The Bertz CT molecular complexity index is 664. The first kappa shape index (κ1) is 14.8. The second-order valence-electron chi connectivity index (χ2n) is 5.39. The van der Waals surface area contributed by atoms with Gasteiger partial charge in [-0.25, -0.2) is 0 Å². The molecule has 0 aliphatic carbocycles. The molecular formula is C17H21N3O2. The van der Waals surface area contributed by atoms with Crippen LogP contribution in [-0.2, 0) is 19.7 Å². The Morgan fingerprint density at radius 1 is 1.32 bits per heavy atom. The van der Waals surface area contributed by atoms with E-state index >= 15 is 0 Å². The normalized spacial score (nSPS) is 15.2. The number of benzene rings is 1. The van der Waals surface area contributed by atoms with Gasteiger partial charge in [0.05, 0.1) is 31.6 Å². The SMILES string of the molecule is COc1ccccc1/C=C/CN1CCn2nc(CO)cc2C1. The smallest absolute Gasteiger partial charge is 0.126 e. The summed E-state index contributed by atoms with van der Waals surface area (Å²) >= 11 is 0. The van der Waals surface area contributed by atoms with E-state index in [4.69, 9.17) is 9.84 Å². The van der Waals surface area contributed by atoms with Crippen molar-refractivity contribution in [3.63, 3.8) is 0 Å². The zero-order valence-electron chi connectivity index (χ0n) is 12.8. The van der Waals surface area contributed by atoms with Crippen molar-refractivity contribution in [2.45, 2.75) is 19.7 Å². The summed E-state index contributed by atoms with van der Waals surface area (Å²) in [5.41, 5.74) is 3.01. The molecule has 1 N–H and O–H groups in total. The van der Waals surface area contributed by atoms with Crippen molar-refractivity contribution >= 4 is 6.08 Å². The lowest BCUT2D eigenvalue weighted by Gasteiger charge is -2.26. The van der Waals surface area contributed by atoms with Gasteiger partial charge in [0, 0.05) is 25.2 Å². The summed E-state index contributed by atoms with van der Waals surface area (Å²) in [6, 6.07) is 9.98. The van der Waals surface area contributed by atoms with Crippen LogP contribution in [0.15, 0.2) is 36.4 Å². The highest BCUT2D eigenvalue weighted by atomic mass is 16.5. The number of hydrogen-bond donors (Lipinski definition) is 1. The average molecular weight is 299 g/mol. The van der Waals surface area contributed by atoms with Gasteiger partial charge in [-0.1, -0.05) is 30.4 Å². The van der Waals surface area contributed by atoms with E-state index < -0.39 is 0 Å². The second-order valence-corrected chi connectivity index (χ2v) is 5.39. The molecule has 0 amide bonds. The maximum Gasteiger partial charge on any atom is 0.126 e. The molecule has 116 valence electrons. The van der Waals surface area contributed by atoms with E-state index in [0.717, 1.165) is 43.2 Å². The molecule has 3 rings (SSSR count). The zero-order valence-corrected chi connectivity index (χ0v) is 12.8. The molecular weight excluding hydrogens is 278 g/mol. The predicted molar refractivity (Wildman–Crippen MR) is 85.5 cm³/mol. The lowest BCUT2D eigenvalue weighted by Crippen LogP contribution is -2.33. The molecule has 0 radical (unpaired) electrons. The van der Waals surface area contributed by atoms with Crippen molar-refractivity contribution < 1.29 is 9.84 Å². The van der Waals surface area contributed by atoms with Crippen LogP contribution in [0.1, 0.15) is 17.0 Å². The van der Waals surface area contributed by atoms with Crippen LogP contribution in [0.25, 0.3) is 6.08 Å². The lowest BCUT2D eigenvalue weighted by molar-refractivity contribution is 0.233. The van der Waals surface area contributed by atoms with Crippen LogP contribution < -0.4 is 4.74 Å². The quantitative estimate of drug-likeness (QED) is 0.916. The first-order valence-corrected chi connectivity index (χ1v) is 7.48. The molecule has 2 heterocycles. The molecule has 0 bridgehead atoms. The minimum Gasteiger partial charge on any atom is -0.496 e. The van der Waals surface area contributed by atoms with Crippen molar-refractivity contribution in [3.05, 3.63) is 53.4 Å². The number of para-hydroxylation sites is 1. The summed E-state index contributed by atoms with van der Waals surface area (Å²) in [6.45, 7) is 3.60. The molecule has 5 nitrogen and oxygen atoms in total. The third-order valence-electron chi connectivity index (χ3n) is 3.89. The van der Waals surface area contributed by atoms with E-state index in [1.54, 1.807) is 7.11 Å². The van der Waals surface area contributed by atoms with Crippen LogP contribution >= 0.6 is 0 Å². The van der Waals surface area contributed by atoms with Crippen LogP contribution in [0, 0.1) is 0 Å². The molecule has 22 heavy (non-hydrogen) atoms. The van der Waals surface area contributed by atoms with E-state index in [1.807, 2.05) is 35.0 Å². The molecule has 0 saturated heterocycles. The Morgan fingerprint density at radius 2 is 2.18 bits per heavy atom. The van der Waals surface area contributed by atoms with Gasteiger partial charge in [0.15, 0.2) is 0 Å². The van der Waals surface area contributed by atoms with Gasteiger partial charge in [-0.3, -0.25) is 9.58 Å². The van der Waals surface area contributed by atoms with E-state index in [1.165, 1.54) is 5.69 Å². The van der Waals surface area contributed by atoms with Gasteiger partial charge in [0.2, 0.25) is 0 Å². The van der Waals surface area contributed by atoms with Crippen LogP contribution in [-0.4, -0.2) is 40.0 Å². The highest BCUT2D eigenvalue weighted by Gasteiger charge is 2.16. The fourth-order valence-corrected chi connectivity index (χ4v) is 2.75. The highest BCUT2D eigenvalue weighted by Crippen LogP contribution is 2.19. The van der Waals surface area contributed by atoms with E-state index in [2.05, 4.69) is 22.2 Å². The zero-order chi connectivity index (χ0) is 15.4. The van der Waals surface area contributed by atoms with Crippen LogP contribution in [0.5, 0.6) is 5.75 Å². The number of fused-ring (bicyclic) bond motifs is 1. The first-order valence-electron chi connectivity index (χ1n) is 7.48. The van der Waals surface area contributed by atoms with Crippen LogP contribution in [0.4, 0.5) is 0 Å². The van der Waals surface area contributed by atoms with Crippen molar-refractivity contribution in [2.75, 3.05) is 20.2 Å². The fraction of sp³-hybridized carbons (Fsp3) is 0.353. The molecule has 0 saturated carbocycles. The Morgan fingerprint density at radius 3 is 3.00 bits per heavy atom. The number of hydrogen-bond acceptors (Lipinski definition) is 4. The van der Waals surface area contributed by atoms with Crippen LogP contribution in [0.3, 0.4) is 0 Å². The number of rotatable bonds is 5. The Balaban J connectivity index is 1.61. The van der Waals surface area contributed by atoms with Crippen molar-refractivity contribution in [2.24, 2.45) is 0 Å². The van der Waals surface area contributed by atoms with Gasteiger partial charge in [-0.05, 0) is 12.1 Å². The van der Waals surface area contributed by atoms with Crippen molar-refractivity contribution in [3.8, 4) is 5.75 Å². The maximum absolute atomic E-state index is 9.16. The molecule has 1 aliphatic heterocycles. The van der Waals surface area contributed by atoms with E-state index in [9.17, 15) is 0 Å². The van der Waals surface area contributed by atoms with Gasteiger partial charge in [0.1, 0.15) is 5.75 Å². The lowest BCUT2D eigenvalue weighted by atomic mass is 10.2. The van der Waals surface area contributed by atoms with E-state index in [-0.39, 0.29) is 6.61 Å². The summed E-state index contributed by atoms with van der Waals surface area (Å²) < 4.78 is 7.34. The molecule has 1 aromatic carbocycles. The second kappa shape index (κ2) is 6.77. The Kier molecular flexibility index (Phi) is 4.56. The monoisotopic (exact) mass is 299 g/mol. The van der Waals surface area contributed by atoms with E-state index in [0.29, 0.717) is 0 Å². The fourth-order valence-electron chi connectivity index (χ4n) is 2.75. The standard InChI is InChI=1S/C17H21N3O2/c1-22-17-7-3-2-5-14(17)6-4-8-19-9-10-20-16(12-19)11-15(13-21)18-20/h2-7,11,21H,8-10,12-13H2,1H3/b6-4+. The molecule has 0 atom stereocenters. The minimum atomic E-state index is 0.00764. The molecule has 0 fully saturated rings. The van der Waals surface area contributed by atoms with Gasteiger partial charge in [-0.15, -0.1) is 0 Å². The van der Waals surface area contributed by atoms with Crippen molar-refractivity contribution in [1.82, 2.24) is 14.7 Å². The molecule has 2 aromatic rings. The number of aliphatic hydroxyl groups is 1. The largest absolute Gasteiger partial charge is 0.496 e. The average Bonchev–Trinajstić information content (AvgIpc) is 2.97. The number of aliphatic hydroxyl groups excluding tert-OH is 1. The number of aromatic nitrogens is 2. The molecule has 1 aliphatic rings. The van der Waals surface area contributed by atoms with Crippen molar-refractivity contribution in [1.29, 1.82) is 0 Å². The maximum atomic E-state index is 9.16.